The van der Waals surface area contributed by atoms with Crippen LogP contribution in [-0.4, -0.2) is 41.7 Å². The lowest BCUT2D eigenvalue weighted by Gasteiger charge is -2.16. The van der Waals surface area contributed by atoms with E-state index in [4.69, 9.17) is 0 Å². The van der Waals surface area contributed by atoms with Crippen molar-refractivity contribution in [2.45, 2.75) is 13.0 Å². The molecule has 16 heavy (non-hydrogen) atoms. The fraction of sp³-hybridized carbons (Fsp3) is 0.556. The zero-order valence-corrected chi connectivity index (χ0v) is 8.81. The van der Waals surface area contributed by atoms with Crippen molar-refractivity contribution in [1.82, 2.24) is 15.5 Å². The van der Waals surface area contributed by atoms with Crippen LogP contribution in [0, 0.1) is 11.8 Å². The molecule has 2 aliphatic rings. The molecule has 7 nitrogen and oxygen atoms in total. The monoisotopic (exact) mass is 225 g/mol. The van der Waals surface area contributed by atoms with Gasteiger partial charge in [-0.15, -0.1) is 0 Å². The van der Waals surface area contributed by atoms with Gasteiger partial charge >= 0.3 is 6.03 Å². The summed E-state index contributed by atoms with van der Waals surface area (Å²) in [6, 6.07) is -1.57. The standard InChI is InChI=1S/C9H11N3O4/c1-3-4(8(15)12(2)7(3)14)5-6(13)11-9(16)10-5/h3-5H,1-2H3,(H2,10,11,13,16). The number of rotatable bonds is 1. The fourth-order valence-electron chi connectivity index (χ4n) is 2.12. The summed E-state index contributed by atoms with van der Waals surface area (Å²) in [5.74, 6) is -2.71. The third-order valence-corrected chi connectivity index (χ3v) is 3.04. The SMILES string of the molecule is CC1C(=O)N(C)C(=O)C1C1NC(=O)NC1=O. The Balaban J connectivity index is 2.28. The molecule has 0 aromatic heterocycles. The lowest BCUT2D eigenvalue weighted by Crippen LogP contribution is -2.42. The Kier molecular flexibility index (Phi) is 2.18. The zero-order chi connectivity index (χ0) is 12.0. The van der Waals surface area contributed by atoms with Crippen LogP contribution < -0.4 is 10.6 Å². The van der Waals surface area contributed by atoms with Gasteiger partial charge in [0.2, 0.25) is 11.8 Å². The van der Waals surface area contributed by atoms with Crippen molar-refractivity contribution in [1.29, 1.82) is 0 Å². The summed E-state index contributed by atoms with van der Waals surface area (Å²) in [5.41, 5.74) is 0. The fourth-order valence-corrected chi connectivity index (χ4v) is 2.12. The first-order valence-corrected chi connectivity index (χ1v) is 4.86. The molecular weight excluding hydrogens is 214 g/mol. The quantitative estimate of drug-likeness (QED) is 0.417. The number of nitrogens with zero attached hydrogens (tertiary/aromatic N) is 1. The minimum Gasteiger partial charge on any atom is -0.325 e. The Morgan fingerprint density at radius 3 is 2.12 bits per heavy atom. The summed E-state index contributed by atoms with van der Waals surface area (Å²) in [4.78, 5) is 46.6. The van der Waals surface area contributed by atoms with Crippen molar-refractivity contribution in [3.8, 4) is 0 Å². The highest BCUT2D eigenvalue weighted by atomic mass is 16.2. The summed E-state index contributed by atoms with van der Waals surface area (Å²) < 4.78 is 0. The molecule has 0 aromatic carbocycles. The van der Waals surface area contributed by atoms with Gasteiger partial charge in [0.25, 0.3) is 5.91 Å². The van der Waals surface area contributed by atoms with Crippen LogP contribution >= 0.6 is 0 Å². The number of amides is 5. The van der Waals surface area contributed by atoms with Gasteiger partial charge in [0.05, 0.1) is 5.92 Å². The van der Waals surface area contributed by atoms with E-state index in [1.807, 2.05) is 5.32 Å². The van der Waals surface area contributed by atoms with Crippen LogP contribution in [0.4, 0.5) is 4.79 Å². The first-order chi connectivity index (χ1) is 7.43. The van der Waals surface area contributed by atoms with E-state index >= 15 is 0 Å². The van der Waals surface area contributed by atoms with Gasteiger partial charge in [-0.3, -0.25) is 24.6 Å². The average Bonchev–Trinajstić information content (AvgIpc) is 2.63. The van der Waals surface area contributed by atoms with Crippen LogP contribution in [0.25, 0.3) is 0 Å². The number of likely N-dealkylation sites (tertiary alicyclic amines) is 1. The number of hydrogen-bond donors (Lipinski definition) is 2. The van der Waals surface area contributed by atoms with Crippen molar-refractivity contribution in [3.63, 3.8) is 0 Å². The summed E-state index contributed by atoms with van der Waals surface area (Å²) in [6.45, 7) is 1.58. The summed E-state index contributed by atoms with van der Waals surface area (Å²) in [7, 11) is 1.37. The second kappa shape index (κ2) is 3.29. The molecule has 2 saturated heterocycles. The lowest BCUT2D eigenvalue weighted by atomic mass is 9.89. The van der Waals surface area contributed by atoms with Crippen molar-refractivity contribution < 1.29 is 19.2 Å². The summed E-state index contributed by atoms with van der Waals surface area (Å²) in [5, 5.41) is 4.39. The number of hydrogen-bond acceptors (Lipinski definition) is 4. The van der Waals surface area contributed by atoms with Gasteiger partial charge in [0, 0.05) is 13.0 Å². The van der Waals surface area contributed by atoms with Crippen LogP contribution in [0.2, 0.25) is 0 Å². The molecule has 2 aliphatic heterocycles. The minimum atomic E-state index is -0.941. The normalized spacial score (nSPS) is 34.4. The average molecular weight is 225 g/mol. The predicted molar refractivity (Wildman–Crippen MR) is 50.9 cm³/mol. The van der Waals surface area contributed by atoms with Gasteiger partial charge in [-0.1, -0.05) is 6.92 Å². The van der Waals surface area contributed by atoms with Crippen LogP contribution in [0.5, 0.6) is 0 Å². The zero-order valence-electron chi connectivity index (χ0n) is 8.81. The van der Waals surface area contributed by atoms with Gasteiger partial charge in [0.15, 0.2) is 0 Å². The second-order valence-corrected chi connectivity index (χ2v) is 3.99. The van der Waals surface area contributed by atoms with Crippen LogP contribution in [0.15, 0.2) is 0 Å². The minimum absolute atomic E-state index is 0.330. The molecule has 3 unspecified atom stereocenters. The maximum atomic E-state index is 11.7. The molecule has 0 aromatic rings. The molecular formula is C9H11N3O4. The van der Waals surface area contributed by atoms with E-state index in [2.05, 4.69) is 5.32 Å². The van der Waals surface area contributed by atoms with Gasteiger partial charge in [-0.05, 0) is 0 Å². The molecule has 2 heterocycles. The molecule has 5 amide bonds. The molecule has 0 spiro atoms. The third-order valence-electron chi connectivity index (χ3n) is 3.04. The molecule has 86 valence electrons. The second-order valence-electron chi connectivity index (χ2n) is 3.99. The first kappa shape index (κ1) is 10.6. The maximum absolute atomic E-state index is 11.7. The molecule has 2 N–H and O–H groups in total. The smallest absolute Gasteiger partial charge is 0.322 e. The van der Waals surface area contributed by atoms with E-state index in [1.54, 1.807) is 6.92 Å². The number of carbonyl (C=O) groups excluding carboxylic acids is 4. The third kappa shape index (κ3) is 1.28. The van der Waals surface area contributed by atoms with Crippen LogP contribution in [-0.2, 0) is 14.4 Å². The predicted octanol–water partition coefficient (Wildman–Crippen LogP) is -1.55. The topological polar surface area (TPSA) is 95.6 Å². The number of imide groups is 2. The molecule has 0 bridgehead atoms. The van der Waals surface area contributed by atoms with Gasteiger partial charge in [0.1, 0.15) is 6.04 Å². The van der Waals surface area contributed by atoms with Crippen LogP contribution in [0.3, 0.4) is 0 Å². The van der Waals surface area contributed by atoms with Gasteiger partial charge < -0.3 is 5.32 Å². The lowest BCUT2D eigenvalue weighted by molar-refractivity contribution is -0.139. The molecule has 2 rings (SSSR count). The molecule has 0 aliphatic carbocycles. The van der Waals surface area contributed by atoms with Crippen molar-refractivity contribution in [2.75, 3.05) is 7.05 Å². The molecule has 3 atom stereocenters. The Labute approximate surface area is 91.2 Å². The Bertz CT molecular complexity index is 406. The van der Waals surface area contributed by atoms with E-state index < -0.39 is 35.7 Å². The molecule has 7 heteroatoms. The highest BCUT2D eigenvalue weighted by Crippen LogP contribution is 2.28. The van der Waals surface area contributed by atoms with Crippen LogP contribution in [0.1, 0.15) is 6.92 Å². The molecule has 0 radical (unpaired) electrons. The largest absolute Gasteiger partial charge is 0.325 e. The van der Waals surface area contributed by atoms with Crippen molar-refractivity contribution >= 4 is 23.8 Å². The molecule has 0 saturated carbocycles. The van der Waals surface area contributed by atoms with E-state index in [0.717, 1.165) is 4.90 Å². The number of urea groups is 1. The van der Waals surface area contributed by atoms with Crippen molar-refractivity contribution in [3.05, 3.63) is 0 Å². The highest BCUT2D eigenvalue weighted by molar-refractivity contribution is 6.11. The highest BCUT2D eigenvalue weighted by Gasteiger charge is 2.51. The number of carbonyl (C=O) groups is 4. The summed E-state index contributed by atoms with van der Waals surface area (Å²) in [6.07, 6.45) is 0. The maximum Gasteiger partial charge on any atom is 0.322 e. The van der Waals surface area contributed by atoms with E-state index in [9.17, 15) is 19.2 Å². The Morgan fingerprint density at radius 2 is 1.75 bits per heavy atom. The summed E-state index contributed by atoms with van der Waals surface area (Å²) >= 11 is 0. The van der Waals surface area contributed by atoms with Crippen molar-refractivity contribution in [2.24, 2.45) is 11.8 Å². The Hall–Kier alpha value is -1.92. The number of nitrogens with one attached hydrogen (secondary N) is 2. The van der Waals surface area contributed by atoms with E-state index in [0.29, 0.717) is 0 Å². The first-order valence-electron chi connectivity index (χ1n) is 4.86. The molecule has 2 fully saturated rings. The van der Waals surface area contributed by atoms with E-state index in [1.165, 1.54) is 7.05 Å². The van der Waals surface area contributed by atoms with Gasteiger partial charge in [-0.25, -0.2) is 4.79 Å². The van der Waals surface area contributed by atoms with E-state index in [-0.39, 0.29) is 5.91 Å². The van der Waals surface area contributed by atoms with Gasteiger partial charge in [-0.2, -0.15) is 0 Å². The Morgan fingerprint density at radius 1 is 1.12 bits per heavy atom.